The van der Waals surface area contributed by atoms with Crippen LogP contribution in [0.3, 0.4) is 0 Å². The maximum absolute atomic E-state index is 11.7. The highest BCUT2D eigenvalue weighted by Crippen LogP contribution is 2.29. The Morgan fingerprint density at radius 2 is 2.33 bits per heavy atom. The fourth-order valence-corrected chi connectivity index (χ4v) is 1.85. The van der Waals surface area contributed by atoms with E-state index in [1.54, 1.807) is 25.1 Å². The number of carbonyl (C=O) groups is 2. The molecule has 1 aliphatic rings. The molecule has 18 heavy (non-hydrogen) atoms. The molecule has 0 unspecified atom stereocenters. The van der Waals surface area contributed by atoms with Crippen LogP contribution in [0.25, 0.3) is 6.08 Å². The van der Waals surface area contributed by atoms with E-state index in [4.69, 9.17) is 9.47 Å². The Hall–Kier alpha value is -2.10. The normalized spacial score (nSPS) is 13.7. The molecule has 2 rings (SSSR count). The molecule has 0 saturated carbocycles. The van der Waals surface area contributed by atoms with Gasteiger partial charge in [-0.05, 0) is 19.1 Å². The molecule has 0 N–H and O–H groups in total. The molecule has 0 bridgehead atoms. The first-order valence-electron chi connectivity index (χ1n) is 5.85. The predicted octanol–water partition coefficient (Wildman–Crippen LogP) is 2.23. The Balaban J connectivity index is 2.39. The van der Waals surface area contributed by atoms with E-state index in [9.17, 15) is 9.59 Å². The van der Waals surface area contributed by atoms with Crippen molar-refractivity contribution in [1.29, 1.82) is 0 Å². The average molecular weight is 246 g/mol. The summed E-state index contributed by atoms with van der Waals surface area (Å²) in [4.78, 5) is 22.6. The summed E-state index contributed by atoms with van der Waals surface area (Å²) < 4.78 is 10.5. The standard InChI is InChI=1S/C14H14O4/c1-2-17-14(16)11-6-7-18-13-10(8-11)4-3-5-12(13)9-15/h3-5,8-9H,2,6-7H2,1H3. The first kappa shape index (κ1) is 12.4. The number of rotatable bonds is 3. The molecule has 0 radical (unpaired) electrons. The van der Waals surface area contributed by atoms with Gasteiger partial charge in [0, 0.05) is 17.6 Å². The zero-order valence-electron chi connectivity index (χ0n) is 10.1. The molecule has 0 amide bonds. The van der Waals surface area contributed by atoms with Gasteiger partial charge >= 0.3 is 5.97 Å². The van der Waals surface area contributed by atoms with E-state index >= 15 is 0 Å². The number of carbonyl (C=O) groups excluding carboxylic acids is 2. The Bertz CT molecular complexity index is 503. The van der Waals surface area contributed by atoms with Crippen LogP contribution in [0.4, 0.5) is 0 Å². The highest BCUT2D eigenvalue weighted by Gasteiger charge is 2.17. The molecule has 0 spiro atoms. The summed E-state index contributed by atoms with van der Waals surface area (Å²) in [6, 6.07) is 5.26. The number of hydrogen-bond acceptors (Lipinski definition) is 4. The number of para-hydroxylation sites is 1. The van der Waals surface area contributed by atoms with E-state index < -0.39 is 0 Å². The van der Waals surface area contributed by atoms with Gasteiger partial charge in [-0.15, -0.1) is 0 Å². The predicted molar refractivity (Wildman–Crippen MR) is 66.6 cm³/mol. The van der Waals surface area contributed by atoms with Crippen LogP contribution in [-0.4, -0.2) is 25.5 Å². The van der Waals surface area contributed by atoms with Gasteiger partial charge in [0.1, 0.15) is 5.75 Å². The lowest BCUT2D eigenvalue weighted by Crippen LogP contribution is -2.09. The summed E-state index contributed by atoms with van der Waals surface area (Å²) in [6.07, 6.45) is 2.96. The van der Waals surface area contributed by atoms with Crippen molar-refractivity contribution in [3.63, 3.8) is 0 Å². The van der Waals surface area contributed by atoms with Gasteiger partial charge < -0.3 is 9.47 Å². The van der Waals surface area contributed by atoms with E-state index in [-0.39, 0.29) is 5.97 Å². The molecule has 0 saturated heterocycles. The lowest BCUT2D eigenvalue weighted by molar-refractivity contribution is -0.138. The average Bonchev–Trinajstić information content (AvgIpc) is 2.60. The van der Waals surface area contributed by atoms with E-state index in [1.165, 1.54) is 0 Å². The summed E-state index contributed by atoms with van der Waals surface area (Å²) in [5.74, 6) is 0.206. The Labute approximate surface area is 105 Å². The van der Waals surface area contributed by atoms with Crippen molar-refractivity contribution in [3.8, 4) is 5.75 Å². The maximum Gasteiger partial charge on any atom is 0.334 e. The van der Waals surface area contributed by atoms with Crippen molar-refractivity contribution in [2.45, 2.75) is 13.3 Å². The number of esters is 1. The summed E-state index contributed by atoms with van der Waals surface area (Å²) in [7, 11) is 0. The summed E-state index contributed by atoms with van der Waals surface area (Å²) >= 11 is 0. The molecule has 4 heteroatoms. The second kappa shape index (κ2) is 5.49. The minimum absolute atomic E-state index is 0.328. The number of fused-ring (bicyclic) bond motifs is 1. The Morgan fingerprint density at radius 1 is 1.50 bits per heavy atom. The Morgan fingerprint density at radius 3 is 3.06 bits per heavy atom. The molecular formula is C14H14O4. The van der Waals surface area contributed by atoms with Gasteiger partial charge in [-0.25, -0.2) is 4.79 Å². The van der Waals surface area contributed by atoms with Gasteiger partial charge in [-0.2, -0.15) is 0 Å². The van der Waals surface area contributed by atoms with Crippen LogP contribution in [0.2, 0.25) is 0 Å². The molecule has 94 valence electrons. The van der Waals surface area contributed by atoms with E-state index in [1.807, 2.05) is 6.07 Å². The topological polar surface area (TPSA) is 52.6 Å². The monoisotopic (exact) mass is 246 g/mol. The fourth-order valence-electron chi connectivity index (χ4n) is 1.85. The molecular weight excluding hydrogens is 232 g/mol. The smallest absolute Gasteiger partial charge is 0.334 e. The molecule has 1 aromatic rings. The zero-order valence-corrected chi connectivity index (χ0v) is 10.1. The lowest BCUT2D eigenvalue weighted by Gasteiger charge is -2.07. The van der Waals surface area contributed by atoms with E-state index in [2.05, 4.69) is 0 Å². The van der Waals surface area contributed by atoms with Crippen LogP contribution in [0, 0.1) is 0 Å². The SMILES string of the molecule is CCOC(=O)C1=Cc2cccc(C=O)c2OCC1. The van der Waals surface area contributed by atoms with Crippen molar-refractivity contribution < 1.29 is 19.1 Å². The van der Waals surface area contributed by atoms with Crippen molar-refractivity contribution >= 4 is 18.3 Å². The maximum atomic E-state index is 11.7. The second-order valence-corrected chi connectivity index (χ2v) is 3.87. The zero-order chi connectivity index (χ0) is 13.0. The van der Waals surface area contributed by atoms with E-state index in [0.29, 0.717) is 36.5 Å². The van der Waals surface area contributed by atoms with Gasteiger partial charge in [-0.1, -0.05) is 12.1 Å². The fraction of sp³-hybridized carbons (Fsp3) is 0.286. The van der Waals surface area contributed by atoms with Gasteiger partial charge in [0.2, 0.25) is 0 Å². The molecule has 0 fully saturated rings. The van der Waals surface area contributed by atoms with Crippen LogP contribution >= 0.6 is 0 Å². The summed E-state index contributed by atoms with van der Waals surface area (Å²) in [5, 5.41) is 0. The summed E-state index contributed by atoms with van der Waals surface area (Å²) in [5.41, 5.74) is 1.80. The third kappa shape index (κ3) is 2.42. The largest absolute Gasteiger partial charge is 0.492 e. The second-order valence-electron chi connectivity index (χ2n) is 3.87. The lowest BCUT2D eigenvalue weighted by atomic mass is 10.1. The van der Waals surface area contributed by atoms with Crippen LogP contribution in [-0.2, 0) is 9.53 Å². The molecule has 0 atom stereocenters. The van der Waals surface area contributed by atoms with E-state index in [0.717, 1.165) is 11.8 Å². The molecule has 4 nitrogen and oxygen atoms in total. The molecule has 1 aromatic carbocycles. The van der Waals surface area contributed by atoms with Gasteiger partial charge in [0.15, 0.2) is 6.29 Å². The first-order valence-corrected chi connectivity index (χ1v) is 5.85. The number of benzene rings is 1. The van der Waals surface area contributed by atoms with Crippen molar-refractivity contribution in [3.05, 3.63) is 34.9 Å². The van der Waals surface area contributed by atoms with Crippen molar-refractivity contribution in [2.24, 2.45) is 0 Å². The van der Waals surface area contributed by atoms with Crippen LogP contribution in [0.1, 0.15) is 29.3 Å². The minimum atomic E-state index is -0.328. The Kier molecular flexibility index (Phi) is 3.77. The van der Waals surface area contributed by atoms with Crippen LogP contribution in [0.5, 0.6) is 5.75 Å². The van der Waals surface area contributed by atoms with Crippen molar-refractivity contribution in [2.75, 3.05) is 13.2 Å². The highest BCUT2D eigenvalue weighted by molar-refractivity contribution is 5.95. The number of ether oxygens (including phenoxy) is 2. The van der Waals surface area contributed by atoms with Crippen LogP contribution < -0.4 is 4.74 Å². The quantitative estimate of drug-likeness (QED) is 0.606. The third-order valence-electron chi connectivity index (χ3n) is 2.69. The van der Waals surface area contributed by atoms with Crippen LogP contribution in [0.15, 0.2) is 23.8 Å². The minimum Gasteiger partial charge on any atom is -0.492 e. The molecule has 1 aliphatic heterocycles. The van der Waals surface area contributed by atoms with Gasteiger partial charge in [-0.3, -0.25) is 4.79 Å². The third-order valence-corrected chi connectivity index (χ3v) is 2.69. The summed E-state index contributed by atoms with van der Waals surface area (Å²) in [6.45, 7) is 2.48. The molecule has 0 aliphatic carbocycles. The molecule has 1 heterocycles. The molecule has 0 aromatic heterocycles. The van der Waals surface area contributed by atoms with Crippen molar-refractivity contribution in [1.82, 2.24) is 0 Å². The number of hydrogen-bond donors (Lipinski definition) is 0. The highest BCUT2D eigenvalue weighted by atomic mass is 16.5. The first-order chi connectivity index (χ1) is 8.76. The van der Waals surface area contributed by atoms with Gasteiger partial charge in [0.05, 0.1) is 18.8 Å². The van der Waals surface area contributed by atoms with Gasteiger partial charge in [0.25, 0.3) is 0 Å². The number of aldehydes is 1.